The number of carbonyl (C=O) groups excluding carboxylic acids is 3. The Labute approximate surface area is 230 Å². The van der Waals surface area contributed by atoms with Crippen molar-refractivity contribution in [2.75, 3.05) is 7.11 Å². The monoisotopic (exact) mass is 581 g/mol. The minimum absolute atomic E-state index is 0.0496. The maximum atomic E-state index is 12.9. The Balaban J connectivity index is 1.54. The average molecular weight is 583 g/mol. The molecule has 0 spiro atoms. The number of benzene rings is 3. The lowest BCUT2D eigenvalue weighted by atomic mass is 10.1. The van der Waals surface area contributed by atoms with Gasteiger partial charge in [-0.25, -0.2) is 4.79 Å². The SMILES string of the molecule is COc1cc(/C=C2\SC(=O)N(Cc3c(Cl)cccc3Cl)C2=O)ccc1OC(=O)c1ccc(Cl)cc1Cl. The predicted molar refractivity (Wildman–Crippen MR) is 142 cm³/mol. The molecule has 4 rings (SSSR count). The molecule has 0 radical (unpaired) electrons. The molecule has 6 nitrogen and oxygen atoms in total. The molecule has 0 aromatic heterocycles. The molecule has 2 amide bonds. The molecule has 1 aliphatic heterocycles. The molecule has 3 aromatic rings. The van der Waals surface area contributed by atoms with Crippen LogP contribution in [0.15, 0.2) is 59.5 Å². The zero-order chi connectivity index (χ0) is 26.0. The number of esters is 1. The molecule has 11 heteroatoms. The van der Waals surface area contributed by atoms with E-state index in [2.05, 4.69) is 0 Å². The first-order chi connectivity index (χ1) is 17.2. The van der Waals surface area contributed by atoms with E-state index in [1.54, 1.807) is 36.4 Å². The van der Waals surface area contributed by atoms with Gasteiger partial charge < -0.3 is 9.47 Å². The highest BCUT2D eigenvalue weighted by Gasteiger charge is 2.35. The molecule has 0 unspecified atom stereocenters. The third-order valence-electron chi connectivity index (χ3n) is 5.09. The summed E-state index contributed by atoms with van der Waals surface area (Å²) in [5, 5.41) is 0.815. The molecule has 1 aliphatic rings. The minimum Gasteiger partial charge on any atom is -0.493 e. The highest BCUT2D eigenvalue weighted by Crippen LogP contribution is 2.37. The number of carbonyl (C=O) groups is 3. The molecule has 0 bridgehead atoms. The largest absolute Gasteiger partial charge is 0.493 e. The van der Waals surface area contributed by atoms with Gasteiger partial charge in [-0.15, -0.1) is 0 Å². The van der Waals surface area contributed by atoms with Gasteiger partial charge in [0.05, 0.1) is 29.1 Å². The Morgan fingerprint density at radius 3 is 2.33 bits per heavy atom. The molecule has 0 N–H and O–H groups in total. The van der Waals surface area contributed by atoms with Crippen LogP contribution in [0.5, 0.6) is 11.5 Å². The van der Waals surface area contributed by atoms with Crippen molar-refractivity contribution in [3.63, 3.8) is 0 Å². The molecule has 1 fully saturated rings. The number of rotatable bonds is 6. The summed E-state index contributed by atoms with van der Waals surface area (Å²) in [6, 6.07) is 14.1. The van der Waals surface area contributed by atoms with Crippen LogP contribution in [0.1, 0.15) is 21.5 Å². The highest BCUT2D eigenvalue weighted by atomic mass is 35.5. The van der Waals surface area contributed by atoms with Gasteiger partial charge in [-0.2, -0.15) is 0 Å². The maximum absolute atomic E-state index is 12.9. The topological polar surface area (TPSA) is 72.9 Å². The number of ether oxygens (including phenoxy) is 2. The van der Waals surface area contributed by atoms with Crippen LogP contribution >= 0.6 is 58.2 Å². The summed E-state index contributed by atoms with van der Waals surface area (Å²) >= 11 is 25.1. The smallest absolute Gasteiger partial charge is 0.345 e. The molecule has 0 saturated carbocycles. The summed E-state index contributed by atoms with van der Waals surface area (Å²) in [7, 11) is 1.41. The lowest BCUT2D eigenvalue weighted by Crippen LogP contribution is -2.27. The van der Waals surface area contributed by atoms with Crippen molar-refractivity contribution in [1.29, 1.82) is 0 Å². The van der Waals surface area contributed by atoms with E-state index in [9.17, 15) is 14.4 Å². The van der Waals surface area contributed by atoms with Gasteiger partial charge in [-0.1, -0.05) is 58.5 Å². The standard InChI is InChI=1S/C25H15Cl4NO5S/c1-34-21-9-13(5-8-20(21)35-24(32)15-7-6-14(26)11-19(15)29)10-22-23(31)30(25(33)36-22)12-16-17(27)3-2-4-18(16)28/h2-11H,12H2,1H3/b22-10-. The number of methoxy groups -OCH3 is 1. The van der Waals surface area contributed by atoms with Crippen molar-refractivity contribution in [3.05, 3.63) is 96.3 Å². The van der Waals surface area contributed by atoms with Crippen LogP contribution in [0.2, 0.25) is 20.1 Å². The third-order valence-corrected chi connectivity index (χ3v) is 7.25. The van der Waals surface area contributed by atoms with E-state index in [-0.39, 0.29) is 33.5 Å². The zero-order valence-electron chi connectivity index (χ0n) is 18.4. The van der Waals surface area contributed by atoms with E-state index in [1.807, 2.05) is 0 Å². The van der Waals surface area contributed by atoms with Gasteiger partial charge in [-0.05, 0) is 65.9 Å². The van der Waals surface area contributed by atoms with E-state index in [0.29, 0.717) is 26.2 Å². The lowest BCUT2D eigenvalue weighted by Gasteiger charge is -2.14. The highest BCUT2D eigenvalue weighted by molar-refractivity contribution is 8.18. The third kappa shape index (κ3) is 5.66. The summed E-state index contributed by atoms with van der Waals surface area (Å²) in [5.41, 5.74) is 1.18. The second-order valence-electron chi connectivity index (χ2n) is 7.39. The van der Waals surface area contributed by atoms with Crippen LogP contribution in [0.25, 0.3) is 6.08 Å². The Kier molecular flexibility index (Phi) is 8.17. The van der Waals surface area contributed by atoms with Gasteiger partial charge >= 0.3 is 5.97 Å². The van der Waals surface area contributed by atoms with Crippen molar-refractivity contribution in [3.8, 4) is 11.5 Å². The number of hydrogen-bond acceptors (Lipinski definition) is 6. The average Bonchev–Trinajstić information content (AvgIpc) is 3.09. The first kappa shape index (κ1) is 26.4. The zero-order valence-corrected chi connectivity index (χ0v) is 22.2. The van der Waals surface area contributed by atoms with E-state index >= 15 is 0 Å². The van der Waals surface area contributed by atoms with Gasteiger partial charge in [0.2, 0.25) is 0 Å². The maximum Gasteiger partial charge on any atom is 0.345 e. The molecular weight excluding hydrogens is 568 g/mol. The fourth-order valence-electron chi connectivity index (χ4n) is 3.30. The van der Waals surface area contributed by atoms with Crippen LogP contribution in [0, 0.1) is 0 Å². The first-order valence-electron chi connectivity index (χ1n) is 10.2. The quantitative estimate of drug-likeness (QED) is 0.168. The summed E-state index contributed by atoms with van der Waals surface area (Å²) in [4.78, 5) is 39.3. The fourth-order valence-corrected chi connectivity index (χ4v) is 5.14. The Bertz CT molecular complexity index is 1410. The number of halogens is 4. The number of imide groups is 1. The summed E-state index contributed by atoms with van der Waals surface area (Å²) < 4.78 is 10.8. The van der Waals surface area contributed by atoms with Crippen LogP contribution in [-0.4, -0.2) is 29.1 Å². The van der Waals surface area contributed by atoms with E-state index in [1.165, 1.54) is 31.4 Å². The molecule has 1 saturated heterocycles. The van der Waals surface area contributed by atoms with Crippen LogP contribution in [0.3, 0.4) is 0 Å². The normalized spacial score (nSPS) is 14.5. The molecule has 184 valence electrons. The van der Waals surface area contributed by atoms with Gasteiger partial charge in [-0.3, -0.25) is 14.5 Å². The second kappa shape index (κ2) is 11.2. The first-order valence-corrected chi connectivity index (χ1v) is 12.5. The van der Waals surface area contributed by atoms with Gasteiger partial charge in [0.15, 0.2) is 11.5 Å². The molecule has 0 atom stereocenters. The molecular formula is C25H15Cl4NO5S. The van der Waals surface area contributed by atoms with Crippen molar-refractivity contribution >= 4 is 81.4 Å². The fraction of sp³-hybridized carbons (Fsp3) is 0.0800. The van der Waals surface area contributed by atoms with Crippen LogP contribution < -0.4 is 9.47 Å². The molecule has 1 heterocycles. The Morgan fingerprint density at radius 1 is 0.944 bits per heavy atom. The summed E-state index contributed by atoms with van der Waals surface area (Å²) in [5.74, 6) is -0.786. The van der Waals surface area contributed by atoms with E-state index < -0.39 is 17.1 Å². The molecule has 0 aliphatic carbocycles. The number of nitrogens with zero attached hydrogens (tertiary/aromatic N) is 1. The summed E-state index contributed by atoms with van der Waals surface area (Å²) in [6.45, 7) is -0.0496. The van der Waals surface area contributed by atoms with Crippen molar-refractivity contribution in [2.24, 2.45) is 0 Å². The van der Waals surface area contributed by atoms with Crippen molar-refractivity contribution < 1.29 is 23.9 Å². The van der Waals surface area contributed by atoms with E-state index in [0.717, 1.165) is 16.7 Å². The molecule has 36 heavy (non-hydrogen) atoms. The van der Waals surface area contributed by atoms with Gasteiger partial charge in [0.1, 0.15) is 0 Å². The molecule has 3 aromatic carbocycles. The summed E-state index contributed by atoms with van der Waals surface area (Å²) in [6.07, 6.45) is 1.54. The van der Waals surface area contributed by atoms with E-state index in [4.69, 9.17) is 55.9 Å². The van der Waals surface area contributed by atoms with Gasteiger partial charge in [0, 0.05) is 20.6 Å². The number of amides is 2. The second-order valence-corrected chi connectivity index (χ2v) is 10.0. The van der Waals surface area contributed by atoms with Crippen molar-refractivity contribution in [1.82, 2.24) is 4.90 Å². The Hall–Kier alpha value is -2.68. The number of hydrogen-bond donors (Lipinski definition) is 0. The predicted octanol–water partition coefficient (Wildman–Crippen LogP) is 7.76. The van der Waals surface area contributed by atoms with Crippen LogP contribution in [0.4, 0.5) is 4.79 Å². The lowest BCUT2D eigenvalue weighted by molar-refractivity contribution is -0.123. The Morgan fingerprint density at radius 2 is 1.67 bits per heavy atom. The van der Waals surface area contributed by atoms with Crippen LogP contribution in [-0.2, 0) is 11.3 Å². The van der Waals surface area contributed by atoms with Crippen molar-refractivity contribution in [2.45, 2.75) is 6.54 Å². The minimum atomic E-state index is -0.693. The van der Waals surface area contributed by atoms with Gasteiger partial charge in [0.25, 0.3) is 11.1 Å². The number of thioether (sulfide) groups is 1.